The first kappa shape index (κ1) is 17.0. The van der Waals surface area contributed by atoms with Gasteiger partial charge in [0.2, 0.25) is 5.91 Å². The highest BCUT2D eigenvalue weighted by Crippen LogP contribution is 2.38. The maximum absolute atomic E-state index is 13.1. The van der Waals surface area contributed by atoms with E-state index in [0.717, 1.165) is 32.4 Å². The smallest absolute Gasteiger partial charge is 0.226 e. The second-order valence-corrected chi connectivity index (χ2v) is 7.34. The molecule has 2 heterocycles. The molecule has 1 amide bonds. The molecule has 3 atom stereocenters. The second kappa shape index (κ2) is 7.40. The monoisotopic (exact) mass is 324 g/mol. The lowest BCUT2D eigenvalue weighted by Crippen LogP contribution is -2.46. The van der Waals surface area contributed by atoms with Crippen molar-refractivity contribution >= 4 is 5.91 Å². The molecule has 2 aliphatic heterocycles. The van der Waals surface area contributed by atoms with Crippen LogP contribution in [-0.4, -0.2) is 47.4 Å². The van der Waals surface area contributed by atoms with Crippen LogP contribution in [0, 0.1) is 18.3 Å². The van der Waals surface area contributed by atoms with Gasteiger partial charge in [-0.2, -0.15) is 0 Å². The van der Waals surface area contributed by atoms with Gasteiger partial charge in [-0.1, -0.05) is 36.3 Å². The summed E-state index contributed by atoms with van der Waals surface area (Å²) in [6.45, 7) is 7.00. The molecule has 0 N–H and O–H groups in total. The van der Waals surface area contributed by atoms with E-state index in [0.29, 0.717) is 24.4 Å². The summed E-state index contributed by atoms with van der Waals surface area (Å²) in [5.74, 6) is 3.68. The van der Waals surface area contributed by atoms with Crippen LogP contribution in [0.25, 0.3) is 0 Å². The largest absolute Gasteiger partial charge is 0.336 e. The first-order valence-corrected chi connectivity index (χ1v) is 9.14. The van der Waals surface area contributed by atoms with E-state index in [2.05, 4.69) is 59.9 Å². The molecule has 128 valence electrons. The second-order valence-electron chi connectivity index (χ2n) is 7.34. The van der Waals surface area contributed by atoms with Crippen LogP contribution in [0.1, 0.15) is 44.6 Å². The van der Waals surface area contributed by atoms with E-state index in [-0.39, 0.29) is 12.0 Å². The minimum atomic E-state index is 0.165. The number of benzene rings is 1. The molecule has 1 aromatic carbocycles. The lowest BCUT2D eigenvalue weighted by atomic mass is 9.91. The number of amides is 1. The topological polar surface area (TPSA) is 23.6 Å². The Labute approximate surface area is 146 Å². The zero-order valence-electron chi connectivity index (χ0n) is 14.8. The highest BCUT2D eigenvalue weighted by Gasteiger charge is 2.42. The molecule has 0 saturated carbocycles. The van der Waals surface area contributed by atoms with E-state index >= 15 is 0 Å². The van der Waals surface area contributed by atoms with Gasteiger partial charge in [-0.05, 0) is 51.8 Å². The van der Waals surface area contributed by atoms with Crippen LogP contribution in [0.15, 0.2) is 30.3 Å². The molecular weight excluding hydrogens is 296 g/mol. The van der Waals surface area contributed by atoms with E-state index in [1.807, 2.05) is 0 Å². The fourth-order valence-electron chi connectivity index (χ4n) is 4.48. The van der Waals surface area contributed by atoms with Gasteiger partial charge in [0.1, 0.15) is 0 Å². The van der Waals surface area contributed by atoms with Gasteiger partial charge in [0.25, 0.3) is 0 Å². The summed E-state index contributed by atoms with van der Waals surface area (Å²) in [5.41, 5.74) is 1.36. The molecule has 3 nitrogen and oxygen atoms in total. The molecule has 0 aliphatic carbocycles. The van der Waals surface area contributed by atoms with E-state index in [1.54, 1.807) is 0 Å². The normalized spacial score (nSPS) is 28.7. The van der Waals surface area contributed by atoms with Crippen LogP contribution < -0.4 is 0 Å². The van der Waals surface area contributed by atoms with Gasteiger partial charge in [0.05, 0.1) is 6.54 Å². The molecule has 0 unspecified atom stereocenters. The van der Waals surface area contributed by atoms with Crippen LogP contribution in [0.4, 0.5) is 0 Å². The molecule has 2 saturated heterocycles. The van der Waals surface area contributed by atoms with Gasteiger partial charge in [0.15, 0.2) is 0 Å². The van der Waals surface area contributed by atoms with Crippen LogP contribution in [-0.2, 0) is 4.79 Å². The molecule has 2 fully saturated rings. The third-order valence-corrected chi connectivity index (χ3v) is 5.82. The molecule has 3 heteroatoms. The Morgan fingerprint density at radius 3 is 2.50 bits per heavy atom. The van der Waals surface area contributed by atoms with Gasteiger partial charge >= 0.3 is 0 Å². The Balaban J connectivity index is 1.66. The molecule has 24 heavy (non-hydrogen) atoms. The first-order chi connectivity index (χ1) is 11.6. The minimum Gasteiger partial charge on any atom is -0.336 e. The SMILES string of the molecule is C#CCN1CCC(C(=O)N2[C@H](C)C[C@@H](c3ccccc3)[C@@H]2C)CC1. The summed E-state index contributed by atoms with van der Waals surface area (Å²) in [6.07, 6.45) is 8.33. The van der Waals surface area contributed by atoms with Gasteiger partial charge in [0, 0.05) is 23.9 Å². The van der Waals surface area contributed by atoms with E-state index in [9.17, 15) is 4.79 Å². The average molecular weight is 324 g/mol. The molecular formula is C21H28N2O. The van der Waals surface area contributed by atoms with Crippen molar-refractivity contribution in [2.24, 2.45) is 5.92 Å². The van der Waals surface area contributed by atoms with Gasteiger partial charge < -0.3 is 4.90 Å². The predicted octanol–water partition coefficient (Wildman–Crippen LogP) is 3.12. The molecule has 2 aliphatic rings. The van der Waals surface area contributed by atoms with Crippen molar-refractivity contribution < 1.29 is 4.79 Å². The lowest BCUT2D eigenvalue weighted by molar-refractivity contribution is -0.139. The van der Waals surface area contributed by atoms with Crippen LogP contribution >= 0.6 is 0 Å². The first-order valence-electron chi connectivity index (χ1n) is 9.14. The van der Waals surface area contributed by atoms with Gasteiger partial charge in [-0.15, -0.1) is 6.42 Å². The molecule has 0 bridgehead atoms. The average Bonchev–Trinajstić information content (AvgIpc) is 2.90. The van der Waals surface area contributed by atoms with E-state index < -0.39 is 0 Å². The predicted molar refractivity (Wildman–Crippen MR) is 97.6 cm³/mol. The number of likely N-dealkylation sites (tertiary alicyclic amines) is 2. The summed E-state index contributed by atoms with van der Waals surface area (Å²) >= 11 is 0. The Hall–Kier alpha value is -1.79. The van der Waals surface area contributed by atoms with Crippen molar-refractivity contribution in [3.05, 3.63) is 35.9 Å². The highest BCUT2D eigenvalue weighted by molar-refractivity contribution is 5.80. The lowest BCUT2D eigenvalue weighted by Gasteiger charge is -2.35. The zero-order valence-corrected chi connectivity index (χ0v) is 14.8. The van der Waals surface area contributed by atoms with Crippen molar-refractivity contribution in [3.63, 3.8) is 0 Å². The molecule has 0 aromatic heterocycles. The van der Waals surface area contributed by atoms with Crippen LogP contribution in [0.3, 0.4) is 0 Å². The fourth-order valence-corrected chi connectivity index (χ4v) is 4.48. The quantitative estimate of drug-likeness (QED) is 0.798. The summed E-state index contributed by atoms with van der Waals surface area (Å²) in [4.78, 5) is 17.6. The summed E-state index contributed by atoms with van der Waals surface area (Å²) in [5, 5.41) is 0. The summed E-state index contributed by atoms with van der Waals surface area (Å²) < 4.78 is 0. The number of carbonyl (C=O) groups excluding carboxylic acids is 1. The molecule has 0 radical (unpaired) electrons. The van der Waals surface area contributed by atoms with Gasteiger partial charge in [-0.3, -0.25) is 9.69 Å². The van der Waals surface area contributed by atoms with Crippen LogP contribution in [0.2, 0.25) is 0 Å². The number of terminal acetylenes is 1. The van der Waals surface area contributed by atoms with Crippen molar-refractivity contribution in [2.75, 3.05) is 19.6 Å². The number of carbonyl (C=O) groups is 1. The van der Waals surface area contributed by atoms with Gasteiger partial charge in [-0.25, -0.2) is 0 Å². The summed E-state index contributed by atoms with van der Waals surface area (Å²) in [6, 6.07) is 11.2. The fraction of sp³-hybridized carbons (Fsp3) is 0.571. The number of nitrogens with zero attached hydrogens (tertiary/aromatic N) is 2. The Morgan fingerprint density at radius 1 is 1.21 bits per heavy atom. The van der Waals surface area contributed by atoms with E-state index in [1.165, 1.54) is 5.56 Å². The van der Waals surface area contributed by atoms with E-state index in [4.69, 9.17) is 6.42 Å². The number of hydrogen-bond donors (Lipinski definition) is 0. The minimum absolute atomic E-state index is 0.165. The Kier molecular flexibility index (Phi) is 5.26. The van der Waals surface area contributed by atoms with Crippen molar-refractivity contribution in [3.8, 4) is 12.3 Å². The number of rotatable bonds is 3. The highest BCUT2D eigenvalue weighted by atomic mass is 16.2. The summed E-state index contributed by atoms with van der Waals surface area (Å²) in [7, 11) is 0. The zero-order chi connectivity index (χ0) is 17.1. The third kappa shape index (κ3) is 3.35. The van der Waals surface area contributed by atoms with Crippen molar-refractivity contribution in [2.45, 2.75) is 51.1 Å². The Morgan fingerprint density at radius 2 is 1.88 bits per heavy atom. The molecule has 1 aromatic rings. The Bertz CT molecular complexity index is 598. The van der Waals surface area contributed by atoms with Crippen molar-refractivity contribution in [1.29, 1.82) is 0 Å². The number of piperidine rings is 1. The van der Waals surface area contributed by atoms with Crippen molar-refractivity contribution in [1.82, 2.24) is 9.80 Å². The standard InChI is InChI=1S/C21H28N2O/c1-4-12-22-13-10-19(11-14-22)21(24)23-16(2)15-20(17(23)3)18-8-6-5-7-9-18/h1,5-9,16-17,19-20H,10-15H2,2-3H3/t16-,17+,20-/m1/s1. The maximum atomic E-state index is 13.1. The maximum Gasteiger partial charge on any atom is 0.226 e. The third-order valence-electron chi connectivity index (χ3n) is 5.82. The molecule has 3 rings (SSSR count). The van der Waals surface area contributed by atoms with Crippen LogP contribution in [0.5, 0.6) is 0 Å². The number of hydrogen-bond acceptors (Lipinski definition) is 2. The molecule has 0 spiro atoms.